The van der Waals surface area contributed by atoms with Crippen molar-refractivity contribution in [2.45, 2.75) is 25.3 Å². The summed E-state index contributed by atoms with van der Waals surface area (Å²) < 4.78 is 0. The van der Waals surface area contributed by atoms with E-state index < -0.39 is 0 Å². The van der Waals surface area contributed by atoms with Gasteiger partial charge in [0.25, 0.3) is 5.91 Å². The van der Waals surface area contributed by atoms with Gasteiger partial charge in [-0.25, -0.2) is 5.84 Å². The summed E-state index contributed by atoms with van der Waals surface area (Å²) in [6.07, 6.45) is 2.69. The minimum absolute atomic E-state index is 0.0335. The van der Waals surface area contributed by atoms with E-state index in [1.165, 1.54) is 0 Å². The first-order valence-electron chi connectivity index (χ1n) is 5.74. The van der Waals surface area contributed by atoms with Gasteiger partial charge in [0, 0.05) is 13.1 Å². The van der Waals surface area contributed by atoms with Crippen LogP contribution in [0.2, 0.25) is 0 Å². The predicted octanol–water partition coefficient (Wildman–Crippen LogP) is -1.42. The lowest BCUT2D eigenvalue weighted by molar-refractivity contribution is -0.127. The lowest BCUT2D eigenvalue weighted by Crippen LogP contribution is -2.47. The summed E-state index contributed by atoms with van der Waals surface area (Å²) in [4.78, 5) is 25.0. The molecule has 2 atom stereocenters. The highest BCUT2D eigenvalue weighted by Gasteiger charge is 2.34. The Balaban J connectivity index is 1.93. The van der Waals surface area contributed by atoms with Crippen LogP contribution >= 0.6 is 0 Å². The van der Waals surface area contributed by atoms with Crippen LogP contribution in [0.5, 0.6) is 0 Å². The number of carbonyl (C=O) groups excluding carboxylic acids is 2. The topological polar surface area (TPSA) is 87.5 Å². The molecule has 0 radical (unpaired) electrons. The number of amides is 2. The maximum atomic E-state index is 11.5. The second-order valence-electron chi connectivity index (χ2n) is 4.44. The van der Waals surface area contributed by atoms with Gasteiger partial charge in [0.05, 0.1) is 12.0 Å². The number of rotatable bonds is 3. The second kappa shape index (κ2) is 4.80. The van der Waals surface area contributed by atoms with Crippen LogP contribution in [-0.4, -0.2) is 42.4 Å². The first-order chi connectivity index (χ1) is 7.72. The number of nitrogens with one attached hydrogen (secondary N) is 2. The molecule has 0 aliphatic carbocycles. The molecule has 2 saturated heterocycles. The van der Waals surface area contributed by atoms with Crippen molar-refractivity contribution in [2.24, 2.45) is 11.8 Å². The molecule has 16 heavy (non-hydrogen) atoms. The summed E-state index contributed by atoms with van der Waals surface area (Å²) in [5.74, 6) is 5.14. The Kier molecular flexibility index (Phi) is 3.40. The largest absolute Gasteiger partial charge is 0.356 e. The third-order valence-corrected chi connectivity index (χ3v) is 3.43. The molecular weight excluding hydrogens is 208 g/mol. The lowest BCUT2D eigenvalue weighted by atomic mass is 10.1. The highest BCUT2D eigenvalue weighted by Crippen LogP contribution is 2.21. The van der Waals surface area contributed by atoms with E-state index in [1.54, 1.807) is 0 Å². The molecule has 4 N–H and O–H groups in total. The molecule has 0 saturated carbocycles. The minimum atomic E-state index is -0.154. The normalized spacial score (nSPS) is 30.4. The van der Waals surface area contributed by atoms with Gasteiger partial charge in [0.1, 0.15) is 0 Å². The third-order valence-electron chi connectivity index (χ3n) is 3.43. The third kappa shape index (κ3) is 2.17. The van der Waals surface area contributed by atoms with Crippen LogP contribution in [0.3, 0.4) is 0 Å². The number of hydrogen-bond acceptors (Lipinski definition) is 4. The molecule has 90 valence electrons. The number of likely N-dealkylation sites (tertiary alicyclic amines) is 1. The lowest BCUT2D eigenvalue weighted by Gasteiger charge is -2.24. The molecular formula is C10H18N4O2. The quantitative estimate of drug-likeness (QED) is 0.313. The first-order valence-corrected chi connectivity index (χ1v) is 5.74. The standard InChI is InChI=1S/C10H18N4O2/c11-13-10(16)8-2-1-5-14(8)6-7-3-4-12-9(7)15/h7-8H,1-6,11H2,(H,12,15)(H,13,16)/t7-,8?/m0/s1. The highest BCUT2D eigenvalue weighted by molar-refractivity contribution is 5.82. The number of nitrogens with zero attached hydrogens (tertiary/aromatic N) is 1. The van der Waals surface area contributed by atoms with Crippen molar-refractivity contribution in [3.8, 4) is 0 Å². The molecule has 0 spiro atoms. The summed E-state index contributed by atoms with van der Waals surface area (Å²) in [6, 6.07) is -0.154. The van der Waals surface area contributed by atoms with E-state index in [9.17, 15) is 9.59 Å². The maximum Gasteiger partial charge on any atom is 0.251 e. The van der Waals surface area contributed by atoms with Gasteiger partial charge in [-0.05, 0) is 25.8 Å². The van der Waals surface area contributed by atoms with Crippen molar-refractivity contribution in [1.82, 2.24) is 15.6 Å². The van der Waals surface area contributed by atoms with Gasteiger partial charge in [-0.3, -0.25) is 19.9 Å². The zero-order valence-electron chi connectivity index (χ0n) is 9.24. The fourth-order valence-electron chi connectivity index (χ4n) is 2.54. The molecule has 6 heteroatoms. The molecule has 6 nitrogen and oxygen atoms in total. The van der Waals surface area contributed by atoms with Crippen molar-refractivity contribution in [1.29, 1.82) is 0 Å². The summed E-state index contributed by atoms with van der Waals surface area (Å²) in [5, 5.41) is 2.81. The zero-order chi connectivity index (χ0) is 11.5. The number of hydrazine groups is 1. The fourth-order valence-corrected chi connectivity index (χ4v) is 2.54. The van der Waals surface area contributed by atoms with Gasteiger partial charge in [-0.2, -0.15) is 0 Å². The Morgan fingerprint density at radius 1 is 1.56 bits per heavy atom. The van der Waals surface area contributed by atoms with E-state index in [4.69, 9.17) is 5.84 Å². The van der Waals surface area contributed by atoms with Crippen LogP contribution in [0.15, 0.2) is 0 Å². The molecule has 2 amide bonds. The van der Waals surface area contributed by atoms with Crippen molar-refractivity contribution in [2.75, 3.05) is 19.6 Å². The highest BCUT2D eigenvalue weighted by atomic mass is 16.2. The summed E-state index contributed by atoms with van der Waals surface area (Å²) >= 11 is 0. The summed E-state index contributed by atoms with van der Waals surface area (Å²) in [5.41, 5.74) is 2.19. The summed E-state index contributed by atoms with van der Waals surface area (Å²) in [7, 11) is 0. The maximum absolute atomic E-state index is 11.5. The van der Waals surface area contributed by atoms with Crippen LogP contribution in [0.4, 0.5) is 0 Å². The van der Waals surface area contributed by atoms with Crippen molar-refractivity contribution >= 4 is 11.8 Å². The van der Waals surface area contributed by atoms with Crippen LogP contribution < -0.4 is 16.6 Å². The number of hydrogen-bond donors (Lipinski definition) is 3. The van der Waals surface area contributed by atoms with Gasteiger partial charge in [0.2, 0.25) is 5.91 Å². The van der Waals surface area contributed by atoms with Gasteiger partial charge in [-0.15, -0.1) is 0 Å². The Morgan fingerprint density at radius 3 is 3.00 bits per heavy atom. The second-order valence-corrected chi connectivity index (χ2v) is 4.44. The van der Waals surface area contributed by atoms with Gasteiger partial charge in [0.15, 0.2) is 0 Å². The monoisotopic (exact) mass is 226 g/mol. The smallest absolute Gasteiger partial charge is 0.251 e. The summed E-state index contributed by atoms with van der Waals surface area (Å²) in [6.45, 7) is 2.30. The van der Waals surface area contributed by atoms with Crippen molar-refractivity contribution in [3.63, 3.8) is 0 Å². The molecule has 2 fully saturated rings. The van der Waals surface area contributed by atoms with Gasteiger partial charge >= 0.3 is 0 Å². The predicted molar refractivity (Wildman–Crippen MR) is 58.0 cm³/mol. The Labute approximate surface area is 94.5 Å². The molecule has 2 heterocycles. The van der Waals surface area contributed by atoms with Gasteiger partial charge < -0.3 is 5.32 Å². The average molecular weight is 226 g/mol. The first kappa shape index (κ1) is 11.3. The molecule has 0 aromatic carbocycles. The van der Waals surface area contributed by atoms with Crippen molar-refractivity contribution in [3.05, 3.63) is 0 Å². The van der Waals surface area contributed by atoms with E-state index in [0.29, 0.717) is 6.54 Å². The van der Waals surface area contributed by atoms with E-state index in [2.05, 4.69) is 15.6 Å². The Morgan fingerprint density at radius 2 is 2.38 bits per heavy atom. The average Bonchev–Trinajstić information content (AvgIpc) is 2.88. The van der Waals surface area contributed by atoms with E-state index in [-0.39, 0.29) is 23.8 Å². The van der Waals surface area contributed by atoms with Crippen LogP contribution in [0, 0.1) is 5.92 Å². The fraction of sp³-hybridized carbons (Fsp3) is 0.800. The zero-order valence-corrected chi connectivity index (χ0v) is 9.24. The Hall–Kier alpha value is -1.14. The van der Waals surface area contributed by atoms with Crippen LogP contribution in [0.25, 0.3) is 0 Å². The molecule has 0 aromatic heterocycles. The van der Waals surface area contributed by atoms with E-state index in [0.717, 1.165) is 32.4 Å². The van der Waals surface area contributed by atoms with E-state index in [1.807, 2.05) is 0 Å². The number of carbonyl (C=O) groups is 2. The minimum Gasteiger partial charge on any atom is -0.356 e. The molecule has 0 bridgehead atoms. The van der Waals surface area contributed by atoms with Crippen LogP contribution in [-0.2, 0) is 9.59 Å². The van der Waals surface area contributed by atoms with Gasteiger partial charge in [-0.1, -0.05) is 0 Å². The SMILES string of the molecule is NNC(=O)C1CCCN1C[C@@H]1CCNC1=O. The number of nitrogens with two attached hydrogens (primary N) is 1. The van der Waals surface area contributed by atoms with E-state index >= 15 is 0 Å². The molecule has 2 aliphatic heterocycles. The molecule has 1 unspecified atom stereocenters. The molecule has 2 rings (SSSR count). The Bertz CT molecular complexity index is 295. The van der Waals surface area contributed by atoms with Crippen LogP contribution in [0.1, 0.15) is 19.3 Å². The van der Waals surface area contributed by atoms with Crippen molar-refractivity contribution < 1.29 is 9.59 Å². The molecule has 0 aromatic rings. The molecule has 2 aliphatic rings.